The van der Waals surface area contributed by atoms with Gasteiger partial charge >= 0.3 is 0 Å². The second-order valence-electron chi connectivity index (χ2n) is 4.60. The molecule has 96 valence electrons. The van der Waals surface area contributed by atoms with Crippen molar-refractivity contribution in [2.45, 2.75) is 39.7 Å². The van der Waals surface area contributed by atoms with Crippen molar-refractivity contribution in [3.8, 4) is 6.01 Å². The van der Waals surface area contributed by atoms with E-state index in [0.717, 1.165) is 29.5 Å². The summed E-state index contributed by atoms with van der Waals surface area (Å²) in [6.07, 6.45) is 3.65. The molecule has 2 rings (SSSR count). The van der Waals surface area contributed by atoms with Crippen LogP contribution in [0.4, 0.5) is 0 Å². The molecule has 2 aromatic rings. The van der Waals surface area contributed by atoms with Gasteiger partial charge in [-0.15, -0.1) is 0 Å². The third kappa shape index (κ3) is 1.98. The summed E-state index contributed by atoms with van der Waals surface area (Å²) in [5, 5.41) is 9.99. The highest BCUT2D eigenvalue weighted by Gasteiger charge is 2.17. The molecule has 0 fully saturated rings. The minimum atomic E-state index is 0.0464. The molecule has 0 saturated carbocycles. The van der Waals surface area contributed by atoms with Crippen LogP contribution in [0.5, 0.6) is 6.01 Å². The van der Waals surface area contributed by atoms with E-state index >= 15 is 0 Å². The van der Waals surface area contributed by atoms with Gasteiger partial charge in [-0.1, -0.05) is 20.4 Å². The summed E-state index contributed by atoms with van der Waals surface area (Å²) in [6, 6.07) is 2.29. The Morgan fingerprint density at radius 1 is 1.44 bits per heavy atom. The molecule has 0 aliphatic rings. The van der Waals surface area contributed by atoms with Crippen LogP contribution in [-0.4, -0.2) is 19.6 Å². The monoisotopic (exact) mass is 245 g/mol. The molecule has 0 radical (unpaired) electrons. The van der Waals surface area contributed by atoms with Gasteiger partial charge in [-0.3, -0.25) is 4.57 Å². The Balaban J connectivity index is 2.67. The van der Waals surface area contributed by atoms with E-state index in [0.29, 0.717) is 5.65 Å². The third-order valence-electron chi connectivity index (χ3n) is 3.33. The standard InChI is InChI=1S/C14H19N3O/c1-5-11(6-2)17-12-7-10(9(3)4)8-15-13(12)16-14(17)18/h7-8,11H,3,5-6H2,1-2,4H3,(H,15,16,18). The number of fused-ring (bicyclic) bond motifs is 1. The molecule has 0 spiro atoms. The maximum atomic E-state index is 9.99. The first-order chi connectivity index (χ1) is 8.58. The average Bonchev–Trinajstić information content (AvgIpc) is 2.67. The largest absolute Gasteiger partial charge is 0.480 e. The van der Waals surface area contributed by atoms with Crippen molar-refractivity contribution in [1.82, 2.24) is 14.5 Å². The lowest BCUT2D eigenvalue weighted by Crippen LogP contribution is -2.06. The van der Waals surface area contributed by atoms with Crippen molar-refractivity contribution in [3.63, 3.8) is 0 Å². The molecule has 2 heterocycles. The topological polar surface area (TPSA) is 50.9 Å². The summed E-state index contributed by atoms with van der Waals surface area (Å²) < 4.78 is 1.87. The molecule has 0 unspecified atom stereocenters. The van der Waals surface area contributed by atoms with Crippen molar-refractivity contribution in [1.29, 1.82) is 0 Å². The number of imidazole rings is 1. The van der Waals surface area contributed by atoms with Crippen molar-refractivity contribution in [2.75, 3.05) is 0 Å². The molecule has 0 aromatic carbocycles. The molecule has 1 N–H and O–H groups in total. The Kier molecular flexibility index (Phi) is 3.36. The van der Waals surface area contributed by atoms with Crippen LogP contribution in [0.25, 0.3) is 16.7 Å². The predicted molar refractivity (Wildman–Crippen MR) is 73.5 cm³/mol. The minimum Gasteiger partial charge on any atom is -0.480 e. The minimum absolute atomic E-state index is 0.0464. The Morgan fingerprint density at radius 3 is 2.67 bits per heavy atom. The molecule has 2 aromatic heterocycles. The smallest absolute Gasteiger partial charge is 0.296 e. The molecule has 4 nitrogen and oxygen atoms in total. The number of hydrogen-bond donors (Lipinski definition) is 1. The highest BCUT2D eigenvalue weighted by molar-refractivity contribution is 5.77. The van der Waals surface area contributed by atoms with E-state index in [2.05, 4.69) is 30.4 Å². The lowest BCUT2D eigenvalue weighted by Gasteiger charge is -2.16. The van der Waals surface area contributed by atoms with Gasteiger partial charge in [0.2, 0.25) is 0 Å². The summed E-state index contributed by atoms with van der Waals surface area (Å²) in [6.45, 7) is 10.1. The van der Waals surface area contributed by atoms with Gasteiger partial charge in [-0.25, -0.2) is 4.98 Å². The van der Waals surface area contributed by atoms with Crippen molar-refractivity contribution in [3.05, 3.63) is 24.4 Å². The van der Waals surface area contributed by atoms with E-state index in [4.69, 9.17) is 0 Å². The molecular formula is C14H19N3O. The van der Waals surface area contributed by atoms with E-state index in [1.54, 1.807) is 6.20 Å². The fourth-order valence-corrected chi connectivity index (χ4v) is 2.21. The highest BCUT2D eigenvalue weighted by atomic mass is 16.3. The van der Waals surface area contributed by atoms with Crippen LogP contribution in [0, 0.1) is 0 Å². The van der Waals surface area contributed by atoms with E-state index < -0.39 is 0 Å². The average molecular weight is 245 g/mol. The zero-order valence-electron chi connectivity index (χ0n) is 11.1. The van der Waals surface area contributed by atoms with Gasteiger partial charge in [0, 0.05) is 12.2 Å². The van der Waals surface area contributed by atoms with Crippen LogP contribution in [0.15, 0.2) is 18.8 Å². The molecule has 0 saturated heterocycles. The fraction of sp³-hybridized carbons (Fsp3) is 0.429. The van der Waals surface area contributed by atoms with Gasteiger partial charge in [0.25, 0.3) is 6.01 Å². The third-order valence-corrected chi connectivity index (χ3v) is 3.33. The molecule has 18 heavy (non-hydrogen) atoms. The van der Waals surface area contributed by atoms with Crippen LogP contribution in [0.2, 0.25) is 0 Å². The summed E-state index contributed by atoms with van der Waals surface area (Å²) in [5.74, 6) is 0. The number of hydrogen-bond acceptors (Lipinski definition) is 3. The maximum absolute atomic E-state index is 9.99. The number of nitrogens with zero attached hydrogens (tertiary/aromatic N) is 3. The van der Waals surface area contributed by atoms with Gasteiger partial charge in [0.1, 0.15) is 0 Å². The molecule has 4 heteroatoms. The zero-order chi connectivity index (χ0) is 13.3. The van der Waals surface area contributed by atoms with E-state index in [1.807, 2.05) is 17.6 Å². The second kappa shape index (κ2) is 4.80. The quantitative estimate of drug-likeness (QED) is 0.896. The second-order valence-corrected chi connectivity index (χ2v) is 4.60. The molecule has 0 bridgehead atoms. The van der Waals surface area contributed by atoms with Gasteiger partial charge in [0.15, 0.2) is 5.65 Å². The van der Waals surface area contributed by atoms with Gasteiger partial charge in [-0.2, -0.15) is 4.98 Å². The Labute approximate surface area is 107 Å². The highest BCUT2D eigenvalue weighted by Crippen LogP contribution is 2.29. The first-order valence-electron chi connectivity index (χ1n) is 6.31. The number of rotatable bonds is 4. The van der Waals surface area contributed by atoms with Crippen LogP contribution < -0.4 is 0 Å². The Bertz CT molecular complexity index is 582. The molecule has 0 atom stereocenters. The Hall–Kier alpha value is -1.84. The fourth-order valence-electron chi connectivity index (χ4n) is 2.21. The van der Waals surface area contributed by atoms with Crippen molar-refractivity contribution >= 4 is 16.7 Å². The Morgan fingerprint density at radius 2 is 2.11 bits per heavy atom. The van der Waals surface area contributed by atoms with Crippen molar-refractivity contribution in [2.24, 2.45) is 0 Å². The van der Waals surface area contributed by atoms with Crippen LogP contribution in [0.1, 0.15) is 45.2 Å². The molecular weight excluding hydrogens is 226 g/mol. The van der Waals surface area contributed by atoms with E-state index in [1.165, 1.54) is 0 Å². The summed E-state index contributed by atoms with van der Waals surface area (Å²) >= 11 is 0. The number of pyridine rings is 1. The summed E-state index contributed by atoms with van der Waals surface area (Å²) in [7, 11) is 0. The van der Waals surface area contributed by atoms with Crippen LogP contribution >= 0.6 is 0 Å². The van der Waals surface area contributed by atoms with Gasteiger partial charge < -0.3 is 5.11 Å². The summed E-state index contributed by atoms with van der Waals surface area (Å²) in [4.78, 5) is 8.39. The molecule has 0 aliphatic heterocycles. The van der Waals surface area contributed by atoms with Gasteiger partial charge in [0.05, 0.1) is 5.52 Å². The number of aromatic nitrogens is 3. The first kappa shape index (κ1) is 12.6. The lowest BCUT2D eigenvalue weighted by atomic mass is 10.1. The first-order valence-corrected chi connectivity index (χ1v) is 6.31. The zero-order valence-corrected chi connectivity index (χ0v) is 11.1. The molecule has 0 amide bonds. The predicted octanol–water partition coefficient (Wildman–Crippen LogP) is 3.53. The lowest BCUT2D eigenvalue weighted by molar-refractivity contribution is 0.361. The number of aromatic hydroxyl groups is 1. The summed E-state index contributed by atoms with van der Waals surface area (Å²) in [5.41, 5.74) is 3.40. The maximum Gasteiger partial charge on any atom is 0.296 e. The van der Waals surface area contributed by atoms with Crippen LogP contribution in [-0.2, 0) is 0 Å². The number of allylic oxidation sites excluding steroid dienone is 1. The van der Waals surface area contributed by atoms with Crippen molar-refractivity contribution < 1.29 is 5.11 Å². The molecule has 0 aliphatic carbocycles. The SMILES string of the molecule is C=C(C)c1cnc2nc(O)n(C(CC)CC)c2c1. The normalized spacial score (nSPS) is 11.3. The van der Waals surface area contributed by atoms with E-state index in [9.17, 15) is 5.11 Å². The van der Waals surface area contributed by atoms with Crippen LogP contribution in [0.3, 0.4) is 0 Å². The van der Waals surface area contributed by atoms with Gasteiger partial charge in [-0.05, 0) is 37.0 Å². The van der Waals surface area contributed by atoms with E-state index in [-0.39, 0.29) is 12.1 Å².